The van der Waals surface area contributed by atoms with Crippen molar-refractivity contribution in [3.05, 3.63) is 41.5 Å². The lowest BCUT2D eigenvalue weighted by Gasteiger charge is -2.38. The molecule has 0 radical (unpaired) electrons. The van der Waals surface area contributed by atoms with Gasteiger partial charge in [-0.2, -0.15) is 5.26 Å². The van der Waals surface area contributed by atoms with Gasteiger partial charge < -0.3 is 0 Å². The molecule has 0 aromatic heterocycles. The van der Waals surface area contributed by atoms with Gasteiger partial charge in [-0.25, -0.2) is 4.90 Å². The molecule has 22 heavy (non-hydrogen) atoms. The van der Waals surface area contributed by atoms with E-state index < -0.39 is 0 Å². The molecule has 1 saturated carbocycles. The smallest absolute Gasteiger partial charge is 0.238 e. The second-order valence-corrected chi connectivity index (χ2v) is 6.46. The molecule has 4 heteroatoms. The van der Waals surface area contributed by atoms with E-state index >= 15 is 0 Å². The minimum Gasteiger partial charge on any atom is -0.274 e. The lowest BCUT2D eigenvalue weighted by Crippen LogP contribution is -2.38. The van der Waals surface area contributed by atoms with Crippen LogP contribution < -0.4 is 4.90 Å². The van der Waals surface area contributed by atoms with Crippen molar-refractivity contribution in [2.45, 2.75) is 19.8 Å². The minimum absolute atomic E-state index is 0.0956. The highest BCUT2D eigenvalue weighted by Gasteiger charge is 2.56. The van der Waals surface area contributed by atoms with Gasteiger partial charge in [-0.1, -0.05) is 18.2 Å². The summed E-state index contributed by atoms with van der Waals surface area (Å²) in [6, 6.07) is 7.33. The van der Waals surface area contributed by atoms with E-state index in [0.29, 0.717) is 11.3 Å². The van der Waals surface area contributed by atoms with Crippen molar-refractivity contribution in [1.29, 1.82) is 5.26 Å². The van der Waals surface area contributed by atoms with Gasteiger partial charge in [-0.05, 0) is 49.3 Å². The Hall–Kier alpha value is -2.41. The third-order valence-electron chi connectivity index (χ3n) is 5.36. The highest BCUT2D eigenvalue weighted by molar-refractivity contribution is 6.22. The summed E-state index contributed by atoms with van der Waals surface area (Å²) >= 11 is 0. The van der Waals surface area contributed by atoms with Crippen LogP contribution in [-0.4, -0.2) is 11.8 Å². The fraction of sp³-hybridized carbons (Fsp3) is 0.389. The van der Waals surface area contributed by atoms with E-state index in [1.165, 1.54) is 4.90 Å². The molecule has 110 valence electrons. The van der Waals surface area contributed by atoms with E-state index in [-0.39, 0.29) is 35.5 Å². The molecule has 1 aromatic carbocycles. The zero-order valence-corrected chi connectivity index (χ0v) is 12.3. The SMILES string of the molecule is Cc1ccc(N2C(=O)C3[C@@H]4C=C[C@@H](CC4)[C@@H]3C2=O)cc1C#N. The predicted molar refractivity (Wildman–Crippen MR) is 80.7 cm³/mol. The second kappa shape index (κ2) is 4.54. The molecule has 4 nitrogen and oxygen atoms in total. The molecule has 1 aliphatic heterocycles. The van der Waals surface area contributed by atoms with Gasteiger partial charge in [0.25, 0.3) is 0 Å². The van der Waals surface area contributed by atoms with Gasteiger partial charge >= 0.3 is 0 Å². The Labute approximate surface area is 129 Å². The number of benzene rings is 1. The molecule has 0 N–H and O–H groups in total. The van der Waals surface area contributed by atoms with Crippen LogP contribution in [0, 0.1) is 41.9 Å². The van der Waals surface area contributed by atoms with Crippen molar-refractivity contribution in [1.82, 2.24) is 0 Å². The molecule has 2 fully saturated rings. The van der Waals surface area contributed by atoms with Crippen LogP contribution in [0.2, 0.25) is 0 Å². The zero-order valence-electron chi connectivity index (χ0n) is 12.3. The monoisotopic (exact) mass is 292 g/mol. The number of aryl methyl sites for hydroxylation is 1. The van der Waals surface area contributed by atoms with Crippen molar-refractivity contribution >= 4 is 17.5 Å². The average molecular weight is 292 g/mol. The molecule has 2 amide bonds. The minimum atomic E-state index is -0.205. The molecule has 1 aromatic rings. The van der Waals surface area contributed by atoms with Crippen molar-refractivity contribution in [3.8, 4) is 6.07 Å². The summed E-state index contributed by atoms with van der Waals surface area (Å²) in [7, 11) is 0. The normalized spacial score (nSPS) is 32.3. The first-order valence-electron chi connectivity index (χ1n) is 7.68. The number of anilines is 1. The number of carbonyl (C=O) groups is 2. The quantitative estimate of drug-likeness (QED) is 0.590. The van der Waals surface area contributed by atoms with Crippen LogP contribution in [0.25, 0.3) is 0 Å². The Morgan fingerprint density at radius 2 is 1.68 bits per heavy atom. The lowest BCUT2D eigenvalue weighted by atomic mass is 9.63. The molecule has 4 atom stereocenters. The Morgan fingerprint density at radius 3 is 2.18 bits per heavy atom. The fourth-order valence-electron chi connectivity index (χ4n) is 4.20. The number of rotatable bonds is 1. The number of allylic oxidation sites excluding steroid dienone is 2. The summed E-state index contributed by atoms with van der Waals surface area (Å²) in [6.07, 6.45) is 6.21. The van der Waals surface area contributed by atoms with E-state index in [4.69, 9.17) is 5.26 Å². The van der Waals surface area contributed by atoms with Crippen molar-refractivity contribution in [2.24, 2.45) is 23.7 Å². The molecular formula is C18H16N2O2. The van der Waals surface area contributed by atoms with Crippen LogP contribution in [-0.2, 0) is 9.59 Å². The van der Waals surface area contributed by atoms with Gasteiger partial charge in [0, 0.05) is 0 Å². The predicted octanol–water partition coefficient (Wildman–Crippen LogP) is 2.57. The van der Waals surface area contributed by atoms with Crippen LogP contribution in [0.15, 0.2) is 30.4 Å². The first kappa shape index (κ1) is 13.3. The largest absolute Gasteiger partial charge is 0.274 e. The number of nitriles is 1. The van der Waals surface area contributed by atoms with Gasteiger partial charge in [0.1, 0.15) is 0 Å². The third kappa shape index (κ3) is 1.62. The Bertz CT molecular complexity index is 727. The molecule has 1 saturated heterocycles. The molecular weight excluding hydrogens is 276 g/mol. The first-order chi connectivity index (χ1) is 10.6. The summed E-state index contributed by atoms with van der Waals surface area (Å²) in [5.41, 5.74) is 1.89. The van der Waals surface area contributed by atoms with Crippen molar-refractivity contribution in [3.63, 3.8) is 0 Å². The van der Waals surface area contributed by atoms with E-state index in [1.807, 2.05) is 6.92 Å². The standard InChI is InChI=1S/C18H16N2O2/c1-10-2-7-14(8-13(10)9-19)20-17(21)15-11-3-4-12(6-5-11)16(15)18(20)22/h2-4,7-8,11-12,15-16H,5-6H2,1H3/t11-,12+,15-,16?/m0/s1. The highest BCUT2D eigenvalue weighted by atomic mass is 16.2. The number of amides is 2. The number of fused-ring (bicyclic) bond motifs is 1. The van der Waals surface area contributed by atoms with Crippen LogP contribution in [0.5, 0.6) is 0 Å². The molecule has 4 aliphatic rings. The summed E-state index contributed by atoms with van der Waals surface area (Å²) in [5, 5.41) is 9.17. The van der Waals surface area contributed by atoms with Crippen LogP contribution >= 0.6 is 0 Å². The molecule has 5 rings (SSSR count). The topological polar surface area (TPSA) is 61.2 Å². The molecule has 0 spiro atoms. The maximum atomic E-state index is 12.8. The molecule has 3 aliphatic carbocycles. The third-order valence-corrected chi connectivity index (χ3v) is 5.36. The highest BCUT2D eigenvalue weighted by Crippen LogP contribution is 2.50. The maximum Gasteiger partial charge on any atom is 0.238 e. The Morgan fingerprint density at radius 1 is 1.09 bits per heavy atom. The summed E-state index contributed by atoms with van der Waals surface area (Å²) in [5.74, 6) is -0.218. The van der Waals surface area contributed by atoms with Gasteiger partial charge in [0.15, 0.2) is 0 Å². The van der Waals surface area contributed by atoms with Gasteiger partial charge in [0.2, 0.25) is 11.8 Å². The first-order valence-corrected chi connectivity index (χ1v) is 7.68. The lowest BCUT2D eigenvalue weighted by molar-refractivity contribution is -0.124. The van der Waals surface area contributed by atoms with Gasteiger partial charge in [0.05, 0.1) is 29.2 Å². The number of carbonyl (C=O) groups excluding carboxylic acids is 2. The van der Waals surface area contributed by atoms with E-state index in [0.717, 1.165) is 18.4 Å². The zero-order chi connectivity index (χ0) is 15.4. The second-order valence-electron chi connectivity index (χ2n) is 6.46. The van der Waals surface area contributed by atoms with E-state index in [1.54, 1.807) is 18.2 Å². The van der Waals surface area contributed by atoms with Crippen LogP contribution in [0.4, 0.5) is 5.69 Å². The number of imide groups is 1. The Kier molecular flexibility index (Phi) is 2.74. The summed E-state index contributed by atoms with van der Waals surface area (Å²) in [4.78, 5) is 26.9. The molecule has 1 heterocycles. The van der Waals surface area contributed by atoms with Crippen molar-refractivity contribution < 1.29 is 9.59 Å². The van der Waals surface area contributed by atoms with Gasteiger partial charge in [-0.3, -0.25) is 9.59 Å². The van der Waals surface area contributed by atoms with Crippen LogP contribution in [0.1, 0.15) is 24.0 Å². The van der Waals surface area contributed by atoms with Gasteiger partial charge in [-0.15, -0.1) is 0 Å². The van der Waals surface area contributed by atoms with Crippen LogP contribution in [0.3, 0.4) is 0 Å². The van der Waals surface area contributed by atoms with E-state index in [9.17, 15) is 9.59 Å². The molecule has 1 unspecified atom stereocenters. The molecule has 2 bridgehead atoms. The summed E-state index contributed by atoms with van der Waals surface area (Å²) in [6.45, 7) is 1.85. The number of hydrogen-bond donors (Lipinski definition) is 0. The van der Waals surface area contributed by atoms with E-state index in [2.05, 4.69) is 18.2 Å². The van der Waals surface area contributed by atoms with Crippen molar-refractivity contribution in [2.75, 3.05) is 4.90 Å². The number of hydrogen-bond acceptors (Lipinski definition) is 3. The Balaban J connectivity index is 1.77. The fourth-order valence-corrected chi connectivity index (χ4v) is 4.20. The average Bonchev–Trinajstić information content (AvgIpc) is 2.83. The summed E-state index contributed by atoms with van der Waals surface area (Å²) < 4.78 is 0. The number of nitrogens with zero attached hydrogens (tertiary/aromatic N) is 2. The maximum absolute atomic E-state index is 12.8.